The molecule has 1 aromatic heterocycles. The average Bonchev–Trinajstić information content (AvgIpc) is 2.41. The monoisotopic (exact) mass is 303 g/mol. The molecule has 0 spiro atoms. The zero-order valence-corrected chi connectivity index (χ0v) is 12.4. The van der Waals surface area contributed by atoms with Crippen LogP contribution in [0.25, 0.3) is 11.0 Å². The van der Waals surface area contributed by atoms with Gasteiger partial charge in [-0.25, -0.2) is 0 Å². The minimum atomic E-state index is -0.364. The maximum Gasteiger partial charge on any atom is 0.222 e. The van der Waals surface area contributed by atoms with Gasteiger partial charge in [0.25, 0.3) is 0 Å². The standard InChI is InChI=1S/C16H17NO5/c1-8-5-10(18)15-12(22-8)7-11(19)14(16(15)21)9-3-4-17(2)13(20)6-9/h5,7,9,19,21H,3-4,6H2,1-2H3. The lowest BCUT2D eigenvalue weighted by Crippen LogP contribution is -2.34. The Labute approximate surface area is 126 Å². The molecule has 2 aromatic rings. The second-order valence-corrected chi connectivity index (χ2v) is 5.76. The van der Waals surface area contributed by atoms with Crippen LogP contribution in [0.2, 0.25) is 0 Å². The number of carbonyl (C=O) groups is 1. The molecule has 1 saturated heterocycles. The second-order valence-electron chi connectivity index (χ2n) is 5.76. The van der Waals surface area contributed by atoms with Gasteiger partial charge >= 0.3 is 0 Å². The van der Waals surface area contributed by atoms with Gasteiger partial charge in [-0.15, -0.1) is 0 Å². The summed E-state index contributed by atoms with van der Waals surface area (Å²) in [6, 6.07) is 2.63. The Bertz CT molecular complexity index is 823. The van der Waals surface area contributed by atoms with Crippen molar-refractivity contribution in [2.75, 3.05) is 13.6 Å². The van der Waals surface area contributed by atoms with Crippen molar-refractivity contribution < 1.29 is 19.4 Å². The molecular formula is C16H17NO5. The van der Waals surface area contributed by atoms with Crippen LogP contribution in [-0.2, 0) is 4.79 Å². The van der Waals surface area contributed by atoms with Gasteiger partial charge in [-0.3, -0.25) is 9.59 Å². The zero-order chi connectivity index (χ0) is 16.0. The van der Waals surface area contributed by atoms with Crippen LogP contribution in [0.15, 0.2) is 21.3 Å². The van der Waals surface area contributed by atoms with Gasteiger partial charge in [0.15, 0.2) is 5.43 Å². The molecule has 0 bridgehead atoms. The third-order valence-corrected chi connectivity index (χ3v) is 4.20. The molecule has 0 saturated carbocycles. The van der Waals surface area contributed by atoms with Crippen LogP contribution < -0.4 is 5.43 Å². The minimum Gasteiger partial charge on any atom is -0.507 e. The molecule has 1 aliphatic heterocycles. The molecule has 22 heavy (non-hydrogen) atoms. The number of phenolic OH excluding ortho intramolecular Hbond substituents is 2. The number of phenols is 2. The maximum absolute atomic E-state index is 12.1. The number of likely N-dealkylation sites (tertiary alicyclic amines) is 1. The molecule has 3 rings (SSSR count). The van der Waals surface area contributed by atoms with Gasteiger partial charge in [-0.2, -0.15) is 0 Å². The number of hydrogen-bond acceptors (Lipinski definition) is 5. The van der Waals surface area contributed by atoms with E-state index in [1.54, 1.807) is 18.9 Å². The first-order chi connectivity index (χ1) is 10.4. The van der Waals surface area contributed by atoms with Gasteiger partial charge in [-0.05, 0) is 13.3 Å². The van der Waals surface area contributed by atoms with Crippen molar-refractivity contribution in [3.63, 3.8) is 0 Å². The van der Waals surface area contributed by atoms with E-state index in [0.29, 0.717) is 18.7 Å². The molecule has 6 heteroatoms. The van der Waals surface area contributed by atoms with Gasteiger partial charge in [0.2, 0.25) is 5.91 Å². The molecule has 6 nitrogen and oxygen atoms in total. The summed E-state index contributed by atoms with van der Waals surface area (Å²) in [5.74, 6) is -0.398. The first-order valence-electron chi connectivity index (χ1n) is 7.11. The second kappa shape index (κ2) is 5.05. The molecule has 1 aromatic carbocycles. The predicted molar refractivity (Wildman–Crippen MR) is 80.2 cm³/mol. The third kappa shape index (κ3) is 2.20. The van der Waals surface area contributed by atoms with Crippen molar-refractivity contribution in [3.8, 4) is 11.5 Å². The van der Waals surface area contributed by atoms with Crippen molar-refractivity contribution >= 4 is 16.9 Å². The Hall–Kier alpha value is -2.50. The summed E-state index contributed by atoms with van der Waals surface area (Å²) in [5.41, 5.74) is 0.0323. The highest BCUT2D eigenvalue weighted by molar-refractivity contribution is 5.88. The molecule has 1 fully saturated rings. The molecule has 1 aliphatic rings. The molecule has 2 heterocycles. The van der Waals surface area contributed by atoms with Crippen LogP contribution in [0.4, 0.5) is 0 Å². The summed E-state index contributed by atoms with van der Waals surface area (Å²) in [6.45, 7) is 2.17. The maximum atomic E-state index is 12.1. The SMILES string of the molecule is Cc1cc(=O)c2c(O)c(C3CCN(C)C(=O)C3)c(O)cc2o1. The number of piperidine rings is 1. The number of nitrogens with zero attached hydrogens (tertiary/aromatic N) is 1. The van der Waals surface area contributed by atoms with Crippen LogP contribution in [-0.4, -0.2) is 34.6 Å². The summed E-state index contributed by atoms with van der Waals surface area (Å²) in [7, 11) is 1.72. The fourth-order valence-electron chi connectivity index (χ4n) is 3.02. The number of fused-ring (bicyclic) bond motifs is 1. The van der Waals surface area contributed by atoms with Crippen LogP contribution in [0.3, 0.4) is 0 Å². The Morgan fingerprint density at radius 3 is 2.68 bits per heavy atom. The number of aryl methyl sites for hydroxylation is 1. The van der Waals surface area contributed by atoms with E-state index in [9.17, 15) is 19.8 Å². The van der Waals surface area contributed by atoms with E-state index in [2.05, 4.69) is 0 Å². The number of carbonyl (C=O) groups excluding carboxylic acids is 1. The van der Waals surface area contributed by atoms with Gasteiger partial charge in [0, 0.05) is 43.6 Å². The molecule has 0 radical (unpaired) electrons. The highest BCUT2D eigenvalue weighted by atomic mass is 16.3. The fraction of sp³-hybridized carbons (Fsp3) is 0.375. The van der Waals surface area contributed by atoms with Crippen LogP contribution in [0.5, 0.6) is 11.5 Å². The van der Waals surface area contributed by atoms with Crippen molar-refractivity contribution in [1.82, 2.24) is 4.90 Å². The first-order valence-corrected chi connectivity index (χ1v) is 7.11. The average molecular weight is 303 g/mol. The lowest BCUT2D eigenvalue weighted by atomic mass is 9.87. The van der Waals surface area contributed by atoms with E-state index in [4.69, 9.17) is 4.42 Å². The van der Waals surface area contributed by atoms with Gasteiger partial charge in [-0.1, -0.05) is 0 Å². The van der Waals surface area contributed by atoms with Crippen LogP contribution in [0.1, 0.15) is 30.1 Å². The molecule has 2 N–H and O–H groups in total. The quantitative estimate of drug-likeness (QED) is 0.839. The molecule has 1 unspecified atom stereocenters. The summed E-state index contributed by atoms with van der Waals surface area (Å²) in [4.78, 5) is 25.6. The zero-order valence-electron chi connectivity index (χ0n) is 12.4. The number of aromatic hydroxyl groups is 2. The normalized spacial score (nSPS) is 18.9. The largest absolute Gasteiger partial charge is 0.507 e. The number of amides is 1. The van der Waals surface area contributed by atoms with Crippen LogP contribution >= 0.6 is 0 Å². The molecule has 1 amide bonds. The molecule has 0 aliphatic carbocycles. The Balaban J connectivity index is 2.19. The van der Waals surface area contributed by atoms with E-state index < -0.39 is 0 Å². The highest BCUT2D eigenvalue weighted by Gasteiger charge is 2.30. The lowest BCUT2D eigenvalue weighted by molar-refractivity contribution is -0.132. The van der Waals surface area contributed by atoms with E-state index in [1.165, 1.54) is 12.1 Å². The topological polar surface area (TPSA) is 91.0 Å². The van der Waals surface area contributed by atoms with Gasteiger partial charge in [0.1, 0.15) is 28.2 Å². The molecule has 1 atom stereocenters. The number of hydrogen-bond donors (Lipinski definition) is 2. The first kappa shape index (κ1) is 14.4. The molecule has 116 valence electrons. The highest BCUT2D eigenvalue weighted by Crippen LogP contribution is 2.43. The van der Waals surface area contributed by atoms with Gasteiger partial charge in [0.05, 0.1) is 0 Å². The van der Waals surface area contributed by atoms with E-state index in [1.807, 2.05) is 0 Å². The number of benzene rings is 1. The van der Waals surface area contributed by atoms with Gasteiger partial charge < -0.3 is 19.5 Å². The van der Waals surface area contributed by atoms with E-state index in [0.717, 1.165) is 0 Å². The van der Waals surface area contributed by atoms with E-state index >= 15 is 0 Å². The Morgan fingerprint density at radius 2 is 2.00 bits per heavy atom. The van der Waals surface area contributed by atoms with E-state index in [-0.39, 0.29) is 51.7 Å². The molecular weight excluding hydrogens is 286 g/mol. The van der Waals surface area contributed by atoms with Crippen molar-refractivity contribution in [3.05, 3.63) is 33.7 Å². The Kier molecular flexibility index (Phi) is 3.31. The summed E-state index contributed by atoms with van der Waals surface area (Å²) >= 11 is 0. The summed E-state index contributed by atoms with van der Waals surface area (Å²) < 4.78 is 5.39. The summed E-state index contributed by atoms with van der Waals surface area (Å²) in [6.07, 6.45) is 0.812. The summed E-state index contributed by atoms with van der Waals surface area (Å²) in [5, 5.41) is 20.7. The Morgan fingerprint density at radius 1 is 1.27 bits per heavy atom. The minimum absolute atomic E-state index is 0.0461. The number of rotatable bonds is 1. The van der Waals surface area contributed by atoms with Crippen molar-refractivity contribution in [2.24, 2.45) is 0 Å². The third-order valence-electron chi connectivity index (χ3n) is 4.20. The lowest BCUT2D eigenvalue weighted by Gasteiger charge is -2.29. The fourth-order valence-corrected chi connectivity index (χ4v) is 3.02. The van der Waals surface area contributed by atoms with Crippen molar-refractivity contribution in [1.29, 1.82) is 0 Å². The van der Waals surface area contributed by atoms with Crippen LogP contribution in [0, 0.1) is 6.92 Å². The van der Waals surface area contributed by atoms with Crippen molar-refractivity contribution in [2.45, 2.75) is 25.7 Å². The predicted octanol–water partition coefficient (Wildman–Crippen LogP) is 1.85. The smallest absolute Gasteiger partial charge is 0.222 e.